The molecule has 0 aromatic carbocycles. The third-order valence-corrected chi connectivity index (χ3v) is 19.4. The van der Waals surface area contributed by atoms with Crippen LogP contribution in [0.4, 0.5) is 0 Å². The second kappa shape index (κ2) is 55.7. The maximum atomic E-state index is 15.2. The van der Waals surface area contributed by atoms with Gasteiger partial charge >= 0.3 is 89.5 Å². The van der Waals surface area contributed by atoms with Gasteiger partial charge in [-0.2, -0.15) is 0 Å². The number of esters is 15. The molecule has 4 aliphatic rings. The Morgan fingerprint density at radius 1 is 0.348 bits per heavy atom. The maximum absolute atomic E-state index is 15.2. The minimum atomic E-state index is -4.24. The minimum Gasteiger partial charge on any atom is -0.463 e. The van der Waals surface area contributed by atoms with Crippen LogP contribution in [0.25, 0.3) is 0 Å². The number of fused-ring (bicyclic) bond motifs is 12. The zero-order chi connectivity index (χ0) is 99.2. The first kappa shape index (κ1) is 115. The van der Waals surface area contributed by atoms with E-state index in [0.29, 0.717) is 0 Å². The van der Waals surface area contributed by atoms with Crippen LogP contribution in [0, 0.1) is 0 Å². The van der Waals surface area contributed by atoms with E-state index < -0.39 is 390 Å². The summed E-state index contributed by atoms with van der Waals surface area (Å²) in [6.07, 6.45) is -75.4. The number of rotatable bonds is 30. The summed E-state index contributed by atoms with van der Waals surface area (Å²) in [5.74, 6) is -31.9. The van der Waals surface area contributed by atoms with Crippen molar-refractivity contribution >= 4 is 89.5 Å². The lowest BCUT2D eigenvalue weighted by atomic mass is 9.93. The zero-order valence-electron chi connectivity index (χ0n) is 71.5. The topological polar surface area (TPSA) is 864 Å². The number of carbonyl (C=O) groups excluding carboxylic acids is 15. The van der Waals surface area contributed by atoms with E-state index in [0.717, 1.165) is 28.3 Å². The van der Waals surface area contributed by atoms with Gasteiger partial charge in [-0.3, -0.25) is 47.9 Å². The summed E-state index contributed by atoms with van der Waals surface area (Å²) in [4.78, 5) is 214. The zero-order valence-corrected chi connectivity index (χ0v) is 71.5. The van der Waals surface area contributed by atoms with Gasteiger partial charge in [-0.1, -0.05) is 0 Å². The van der Waals surface area contributed by atoms with Crippen molar-refractivity contribution in [3.63, 3.8) is 0 Å². The first-order valence-corrected chi connectivity index (χ1v) is 40.2. The molecule has 132 heavy (non-hydrogen) atoms. The van der Waals surface area contributed by atoms with Crippen molar-refractivity contribution in [2.45, 2.75) is 221 Å². The molecule has 756 valence electrons. The molecule has 0 saturated carbocycles. The van der Waals surface area contributed by atoms with E-state index in [9.17, 15) is 154 Å². The third kappa shape index (κ3) is 36.6. The van der Waals surface area contributed by atoms with Crippen LogP contribution in [-0.2, 0) is 176 Å². The summed E-state index contributed by atoms with van der Waals surface area (Å²) in [5.41, 5.74) is -19.6. The molecule has 6 bridgehead atoms. The SMILES string of the molecule is COC[C@@H](O)[C@@H](O)[C@@H]1OC(=O)C(O)(CC(=O)OCCOCCOCCO)CC(=O)OC[C@H](O)[C@@H](O)[C@@H]2OC(=O)C(O)(CC(=O)OC[C@@H]1O)CC(=O)O[C@H]1[C@@H]3OC(=O)C(O)(CC(=O)OC[C@@H](O)[C@@H](O)[C@@H]([C@@H](O)COC)OC(=O)CC(O)(CC(=O)OC[C@H]2O)C(=O)OC[C@@H]1O)CC(=O)OC[C@H](O)[C@H]([C@H](OC)[C@@H](C)O)OC(=O)C(O)(CC(=O)OCCOCCOCCO)CC(=O)OC[C@H]3O. The highest BCUT2D eigenvalue weighted by Gasteiger charge is 2.56. The fourth-order valence-electron chi connectivity index (χ4n) is 12.4. The smallest absolute Gasteiger partial charge is 0.339 e. The Morgan fingerprint density at radius 2 is 0.674 bits per heavy atom. The lowest BCUT2D eigenvalue weighted by Gasteiger charge is -2.37. The van der Waals surface area contributed by atoms with Crippen LogP contribution < -0.4 is 0 Å². The van der Waals surface area contributed by atoms with Gasteiger partial charge in [-0.25, -0.2) is 24.0 Å². The lowest BCUT2D eigenvalue weighted by Crippen LogP contribution is -2.57. The van der Waals surface area contributed by atoms with Gasteiger partial charge in [0.1, 0.15) is 139 Å². The van der Waals surface area contributed by atoms with Crippen LogP contribution in [0.3, 0.4) is 0 Å². The minimum absolute atomic E-state index is 0.0733. The Balaban J connectivity index is 2.13. The molecule has 4 fully saturated rings. The average molecular weight is 1930 g/mol. The summed E-state index contributed by atoms with van der Waals surface area (Å²) in [6, 6.07) is 0. The second-order valence-electron chi connectivity index (χ2n) is 30.3. The maximum Gasteiger partial charge on any atom is 0.339 e. The molecule has 0 spiro atoms. The number of ether oxygens (including phenoxy) is 22. The highest BCUT2D eigenvalue weighted by Crippen LogP contribution is 2.33. The quantitative estimate of drug-likeness (QED) is 0.0180. The largest absolute Gasteiger partial charge is 0.463 e. The van der Waals surface area contributed by atoms with Gasteiger partial charge in [0.05, 0.1) is 150 Å². The fraction of sp³-hybridized carbons (Fsp3) is 0.800. The van der Waals surface area contributed by atoms with E-state index in [2.05, 4.69) is 0 Å². The molecule has 57 heteroatoms. The van der Waals surface area contributed by atoms with Gasteiger partial charge in [-0.15, -0.1) is 0 Å². The summed E-state index contributed by atoms with van der Waals surface area (Å²) in [7, 11) is 2.68. The summed E-state index contributed by atoms with van der Waals surface area (Å²) in [5, 5.41) is 229. The molecule has 4 saturated heterocycles. The molecule has 0 aromatic heterocycles. The van der Waals surface area contributed by atoms with E-state index in [1.807, 2.05) is 0 Å². The summed E-state index contributed by atoms with van der Waals surface area (Å²) < 4.78 is 112. The molecule has 0 radical (unpaired) electrons. The van der Waals surface area contributed by atoms with Crippen LogP contribution in [0.15, 0.2) is 0 Å². The number of cyclic esters (lactones) is 9. The summed E-state index contributed by atoms with van der Waals surface area (Å²) in [6.45, 7) is -17.1. The van der Waals surface area contributed by atoms with Crippen molar-refractivity contribution in [1.82, 2.24) is 0 Å². The molecule has 57 nitrogen and oxygen atoms in total. The van der Waals surface area contributed by atoms with Gasteiger partial charge in [0, 0.05) is 21.3 Å². The number of methoxy groups -OCH3 is 3. The molecular formula is C75H114O57. The Hall–Kier alpha value is -9.03. The standard InChI is InChI=1S/C75H114O57/c1-36(78)59(113-4)63-43(85)33-124-52(94)23-74(109)21-50(92)120-29-38(80)57(99)60(40(82)28-112-3)127-54(96)25-71(106)19-48(90)122-32-42(84)62-58(100)39(81)30-121-49(91)20-72(107,17-46(88)118-15-13-116-11-9-114-7-5-76)67(102)129-61(56(98)37(79)27-111-2)41(83)31-123-53(95)24-75(110,68(103)130-62)26-55(97)128-64(45(87)35-126-66(71)101)65(132-70(74)105)44(86)34-125-51(93)22-73(108,69(104)131-63)18-47(89)119-16-14-117-12-10-115-8-6-77/h36-45,56-65,76-87,98-100,106-110H,5-35H2,1-4H3/t36-,37-,38-,39+,40+,41+,42-,43+,44-,45+,56-,57-,58-,59-,60-,61-,62-,63-,64-,65-,71?,72?,73?,74?,75?/m1/s1. The van der Waals surface area contributed by atoms with Gasteiger partial charge in [0.25, 0.3) is 0 Å². The Kier molecular flexibility index (Phi) is 48.7. The number of aliphatic hydroxyl groups excluding tert-OH is 15. The monoisotopic (exact) mass is 1930 g/mol. The highest BCUT2D eigenvalue weighted by molar-refractivity contribution is 5.94. The highest BCUT2D eigenvalue weighted by atomic mass is 16.7. The molecule has 0 aliphatic carbocycles. The number of aliphatic hydroxyl groups is 20. The Bertz CT molecular complexity index is 3730. The van der Waals surface area contributed by atoms with Crippen molar-refractivity contribution in [3.8, 4) is 0 Å². The normalized spacial score (nSPS) is 32.7. The Morgan fingerprint density at radius 3 is 1.08 bits per heavy atom. The van der Waals surface area contributed by atoms with E-state index in [1.165, 1.54) is 0 Å². The molecule has 4 heterocycles. The van der Waals surface area contributed by atoms with Crippen molar-refractivity contribution in [2.24, 2.45) is 0 Å². The van der Waals surface area contributed by atoms with Gasteiger partial charge in [0.15, 0.2) is 64.6 Å². The van der Waals surface area contributed by atoms with Crippen LogP contribution >= 0.6 is 0 Å². The van der Waals surface area contributed by atoms with E-state index >= 15 is 9.59 Å². The van der Waals surface area contributed by atoms with E-state index in [1.54, 1.807) is 0 Å². The first-order chi connectivity index (χ1) is 62.0. The molecule has 5 unspecified atom stereocenters. The third-order valence-electron chi connectivity index (χ3n) is 19.4. The molecule has 0 amide bonds. The van der Waals surface area contributed by atoms with Crippen molar-refractivity contribution in [2.75, 3.05) is 160 Å². The molecule has 4 rings (SSSR count). The fourth-order valence-corrected chi connectivity index (χ4v) is 12.4. The molecule has 4 aliphatic heterocycles. The van der Waals surface area contributed by atoms with Crippen LogP contribution in [0.5, 0.6) is 0 Å². The summed E-state index contributed by atoms with van der Waals surface area (Å²) >= 11 is 0. The van der Waals surface area contributed by atoms with Gasteiger partial charge < -0.3 is 206 Å². The van der Waals surface area contributed by atoms with E-state index in [-0.39, 0.29) is 52.9 Å². The molecular weight excluding hydrogens is 1810 g/mol. The predicted octanol–water partition coefficient (Wildman–Crippen LogP) is -16.0. The van der Waals surface area contributed by atoms with E-state index in [4.69, 9.17) is 114 Å². The van der Waals surface area contributed by atoms with Crippen LogP contribution in [0.1, 0.15) is 71.1 Å². The van der Waals surface area contributed by atoms with Crippen LogP contribution in [-0.4, -0.2) is 502 Å². The van der Waals surface area contributed by atoms with Crippen molar-refractivity contribution in [1.29, 1.82) is 0 Å². The van der Waals surface area contributed by atoms with Crippen LogP contribution in [0.2, 0.25) is 0 Å². The number of hydrogen-bond acceptors (Lipinski definition) is 57. The molecule has 20 N–H and O–H groups in total. The lowest BCUT2D eigenvalue weighted by molar-refractivity contribution is -0.216. The van der Waals surface area contributed by atoms with Gasteiger partial charge in [0.2, 0.25) is 0 Å². The van der Waals surface area contributed by atoms with Crippen molar-refractivity contribution < 1.29 is 278 Å². The van der Waals surface area contributed by atoms with Crippen molar-refractivity contribution in [3.05, 3.63) is 0 Å². The molecule has 0 aromatic rings. The average Bonchev–Trinajstić information content (AvgIpc) is 0.987. The number of hydrogen-bond donors (Lipinski definition) is 20. The molecule has 25 atom stereocenters. The predicted molar refractivity (Wildman–Crippen MR) is 405 cm³/mol. The first-order valence-electron chi connectivity index (χ1n) is 40.2. The van der Waals surface area contributed by atoms with Gasteiger partial charge in [-0.05, 0) is 6.92 Å². The Labute approximate surface area is 747 Å². The second-order valence-corrected chi connectivity index (χ2v) is 30.3. The number of carbonyl (C=O) groups is 15.